The smallest absolute Gasteiger partial charge is 0.286 e. The Balaban J connectivity index is 1.72. The van der Waals surface area contributed by atoms with E-state index in [1.807, 2.05) is 6.92 Å². The Morgan fingerprint density at radius 3 is 2.60 bits per heavy atom. The quantitative estimate of drug-likeness (QED) is 0.646. The number of fused-ring (bicyclic) bond motifs is 1. The maximum absolute atomic E-state index is 13.8. The average Bonchev–Trinajstić information content (AvgIpc) is 2.68. The molecule has 0 saturated heterocycles. The summed E-state index contributed by atoms with van der Waals surface area (Å²) in [5.74, 6) is -5.07. The molecule has 2 aromatic rings. The maximum atomic E-state index is 13.8. The summed E-state index contributed by atoms with van der Waals surface area (Å²) in [6, 6.07) is 7.93. The minimum absolute atomic E-state index is 0.00901. The molecule has 160 valence electrons. The van der Waals surface area contributed by atoms with Gasteiger partial charge < -0.3 is 10.6 Å². The molecule has 0 bridgehead atoms. The number of para-hydroxylation sites is 1. The van der Waals surface area contributed by atoms with E-state index in [1.54, 1.807) is 23.1 Å². The van der Waals surface area contributed by atoms with Crippen LogP contribution in [-0.2, 0) is 14.8 Å². The molecule has 1 amide bonds. The maximum Gasteiger partial charge on any atom is 0.286 e. The fourth-order valence-electron chi connectivity index (χ4n) is 2.99. The van der Waals surface area contributed by atoms with Crippen molar-refractivity contribution in [2.24, 2.45) is 4.40 Å². The Kier molecular flexibility index (Phi) is 6.42. The minimum atomic E-state index is -3.87. The lowest BCUT2D eigenvalue weighted by molar-refractivity contribution is -0.117. The standard InChI is InChI=1S/C19H19F3N4O3S/c1-2-9-26(11-17(27)24-14-8-7-12(20)18(21)19(14)22)10-16-23-13-5-3-4-6-15(13)30(28,29)25-16/h3-8H,2,9-11H2,1H3,(H,23,25)(H,24,27). The van der Waals surface area contributed by atoms with E-state index >= 15 is 0 Å². The second-order valence-corrected chi connectivity index (χ2v) is 8.19. The molecule has 0 saturated carbocycles. The fourth-order valence-corrected chi connectivity index (χ4v) is 4.13. The van der Waals surface area contributed by atoms with Crippen molar-refractivity contribution in [2.45, 2.75) is 18.2 Å². The van der Waals surface area contributed by atoms with Crippen molar-refractivity contribution in [1.82, 2.24) is 4.90 Å². The van der Waals surface area contributed by atoms with Crippen LogP contribution in [0.2, 0.25) is 0 Å². The average molecular weight is 440 g/mol. The number of anilines is 2. The van der Waals surface area contributed by atoms with Crippen LogP contribution >= 0.6 is 0 Å². The number of carbonyl (C=O) groups is 1. The number of amides is 1. The topological polar surface area (TPSA) is 90.9 Å². The SMILES string of the molecule is CCCN(CC(=O)Nc1ccc(F)c(F)c1F)CC1=NS(=O)(=O)c2ccccc2N1. The third-order valence-electron chi connectivity index (χ3n) is 4.26. The molecule has 2 aromatic carbocycles. The van der Waals surface area contributed by atoms with Gasteiger partial charge in [-0.1, -0.05) is 19.1 Å². The Morgan fingerprint density at radius 1 is 1.13 bits per heavy atom. The van der Waals surface area contributed by atoms with Gasteiger partial charge in [-0.2, -0.15) is 8.42 Å². The first-order valence-electron chi connectivity index (χ1n) is 9.07. The molecule has 30 heavy (non-hydrogen) atoms. The zero-order chi connectivity index (χ0) is 21.9. The number of benzene rings is 2. The van der Waals surface area contributed by atoms with E-state index in [4.69, 9.17) is 0 Å². The first kappa shape index (κ1) is 21.8. The van der Waals surface area contributed by atoms with Gasteiger partial charge in [-0.25, -0.2) is 13.2 Å². The summed E-state index contributed by atoms with van der Waals surface area (Å²) in [4.78, 5) is 14.0. The van der Waals surface area contributed by atoms with Gasteiger partial charge in [0.15, 0.2) is 17.5 Å². The van der Waals surface area contributed by atoms with E-state index in [9.17, 15) is 26.4 Å². The van der Waals surface area contributed by atoms with Crippen LogP contribution in [0.3, 0.4) is 0 Å². The van der Waals surface area contributed by atoms with Gasteiger partial charge in [0.1, 0.15) is 10.7 Å². The molecule has 1 heterocycles. The van der Waals surface area contributed by atoms with Crippen LogP contribution in [0.1, 0.15) is 13.3 Å². The monoisotopic (exact) mass is 440 g/mol. The van der Waals surface area contributed by atoms with Gasteiger partial charge in [0.05, 0.1) is 24.5 Å². The molecular weight excluding hydrogens is 421 g/mol. The predicted octanol–water partition coefficient (Wildman–Crippen LogP) is 2.97. The van der Waals surface area contributed by atoms with Crippen molar-refractivity contribution in [3.8, 4) is 0 Å². The van der Waals surface area contributed by atoms with E-state index < -0.39 is 39.1 Å². The van der Waals surface area contributed by atoms with Crippen LogP contribution in [0.15, 0.2) is 45.7 Å². The van der Waals surface area contributed by atoms with Crippen LogP contribution in [-0.4, -0.2) is 44.7 Å². The number of carbonyl (C=O) groups excluding carboxylic acids is 1. The summed E-state index contributed by atoms with van der Waals surface area (Å²) >= 11 is 0. The minimum Gasteiger partial charge on any atom is -0.341 e. The number of sulfonamides is 1. The van der Waals surface area contributed by atoms with Crippen molar-refractivity contribution in [1.29, 1.82) is 0 Å². The van der Waals surface area contributed by atoms with E-state index in [-0.39, 0.29) is 23.8 Å². The van der Waals surface area contributed by atoms with Gasteiger partial charge in [0.2, 0.25) is 5.91 Å². The summed E-state index contributed by atoms with van der Waals surface area (Å²) in [7, 11) is -3.87. The number of hydrogen-bond donors (Lipinski definition) is 2. The first-order chi connectivity index (χ1) is 14.2. The van der Waals surface area contributed by atoms with Gasteiger partial charge in [-0.05, 0) is 37.2 Å². The molecule has 0 unspecified atom stereocenters. The van der Waals surface area contributed by atoms with Gasteiger partial charge in [-0.3, -0.25) is 9.69 Å². The first-order valence-corrected chi connectivity index (χ1v) is 10.5. The van der Waals surface area contributed by atoms with Crippen molar-refractivity contribution < 1.29 is 26.4 Å². The summed E-state index contributed by atoms with van der Waals surface area (Å²) < 4.78 is 68.6. The summed E-state index contributed by atoms with van der Waals surface area (Å²) in [6.45, 7) is 2.04. The molecule has 1 aliphatic rings. The van der Waals surface area contributed by atoms with Crippen molar-refractivity contribution in [2.75, 3.05) is 30.3 Å². The molecule has 7 nitrogen and oxygen atoms in total. The largest absolute Gasteiger partial charge is 0.341 e. The molecule has 1 aliphatic heterocycles. The number of amidine groups is 1. The van der Waals surface area contributed by atoms with Gasteiger partial charge in [-0.15, -0.1) is 4.40 Å². The Bertz CT molecular complexity index is 1110. The van der Waals surface area contributed by atoms with Gasteiger partial charge >= 0.3 is 0 Å². The third-order valence-corrected chi connectivity index (χ3v) is 5.64. The highest BCUT2D eigenvalue weighted by Gasteiger charge is 2.26. The van der Waals surface area contributed by atoms with Crippen LogP contribution < -0.4 is 10.6 Å². The Morgan fingerprint density at radius 2 is 1.87 bits per heavy atom. The van der Waals surface area contributed by atoms with Crippen LogP contribution in [0.5, 0.6) is 0 Å². The number of nitrogens with zero attached hydrogens (tertiary/aromatic N) is 2. The zero-order valence-corrected chi connectivity index (χ0v) is 16.8. The number of hydrogen-bond acceptors (Lipinski definition) is 5. The molecule has 0 aromatic heterocycles. The highest BCUT2D eigenvalue weighted by Crippen LogP contribution is 2.26. The molecule has 0 atom stereocenters. The zero-order valence-electron chi connectivity index (χ0n) is 16.0. The molecule has 0 fully saturated rings. The fraction of sp³-hybridized carbons (Fsp3) is 0.263. The second kappa shape index (κ2) is 8.84. The summed E-state index contributed by atoms with van der Waals surface area (Å²) in [6.07, 6.45) is 0.642. The van der Waals surface area contributed by atoms with E-state index in [1.165, 1.54) is 6.07 Å². The Labute approximate surface area is 171 Å². The third kappa shape index (κ3) is 4.79. The highest BCUT2D eigenvalue weighted by atomic mass is 32.2. The molecule has 0 aliphatic carbocycles. The molecule has 0 spiro atoms. The van der Waals surface area contributed by atoms with Gasteiger partial charge in [0, 0.05) is 0 Å². The molecule has 2 N–H and O–H groups in total. The lowest BCUT2D eigenvalue weighted by Gasteiger charge is -2.25. The normalized spacial score (nSPS) is 14.6. The molecule has 3 rings (SSSR count). The van der Waals surface area contributed by atoms with Gasteiger partial charge in [0.25, 0.3) is 10.0 Å². The lowest BCUT2D eigenvalue weighted by atomic mass is 10.2. The molecule has 11 heteroatoms. The molecular formula is C19H19F3N4O3S. The highest BCUT2D eigenvalue weighted by molar-refractivity contribution is 7.90. The van der Waals surface area contributed by atoms with E-state index in [0.717, 1.165) is 6.07 Å². The van der Waals surface area contributed by atoms with Crippen LogP contribution in [0.4, 0.5) is 24.5 Å². The van der Waals surface area contributed by atoms with E-state index in [2.05, 4.69) is 15.0 Å². The second-order valence-electron chi connectivity index (χ2n) is 6.62. The van der Waals surface area contributed by atoms with Crippen molar-refractivity contribution >= 4 is 33.1 Å². The van der Waals surface area contributed by atoms with Crippen LogP contribution in [0.25, 0.3) is 0 Å². The molecule has 0 radical (unpaired) electrons. The Hall–Kier alpha value is -2.92. The summed E-state index contributed by atoms with van der Waals surface area (Å²) in [5.41, 5.74) is -0.104. The lowest BCUT2D eigenvalue weighted by Crippen LogP contribution is -2.40. The van der Waals surface area contributed by atoms with Crippen molar-refractivity contribution in [3.63, 3.8) is 0 Å². The number of halogens is 3. The van der Waals surface area contributed by atoms with Crippen LogP contribution in [0, 0.1) is 17.5 Å². The van der Waals surface area contributed by atoms with E-state index in [0.29, 0.717) is 24.7 Å². The number of nitrogens with one attached hydrogen (secondary N) is 2. The summed E-state index contributed by atoms with van der Waals surface area (Å²) in [5, 5.41) is 5.13. The predicted molar refractivity (Wildman–Crippen MR) is 106 cm³/mol. The number of rotatable bonds is 7. The van der Waals surface area contributed by atoms with Crippen molar-refractivity contribution in [3.05, 3.63) is 53.8 Å².